The van der Waals surface area contributed by atoms with Crippen LogP contribution in [0.25, 0.3) is 11.0 Å². The number of nitrogens with zero attached hydrogens (tertiary/aromatic N) is 2. The van der Waals surface area contributed by atoms with Crippen LogP contribution in [0.2, 0.25) is 0 Å². The Labute approximate surface area is 128 Å². The van der Waals surface area contributed by atoms with E-state index in [1.807, 2.05) is 12.1 Å². The normalized spacial score (nSPS) is 10.6. The molecule has 2 aromatic carbocycles. The van der Waals surface area contributed by atoms with Gasteiger partial charge >= 0.3 is 0 Å². The van der Waals surface area contributed by atoms with Crippen molar-refractivity contribution in [2.45, 2.75) is 0 Å². The number of hydrogen-bond acceptors (Lipinski definition) is 3. The van der Waals surface area contributed by atoms with Gasteiger partial charge in [-0.1, -0.05) is 28.1 Å². The fraction of sp³-hybridized carbons (Fsp3) is 0. The lowest BCUT2D eigenvalue weighted by Gasteiger charge is -2.06. The van der Waals surface area contributed by atoms with Gasteiger partial charge < -0.3 is 5.32 Å². The Kier molecular flexibility index (Phi) is 3.62. The van der Waals surface area contributed by atoms with Gasteiger partial charge in [0, 0.05) is 4.47 Å². The number of aromatic nitrogens is 2. The summed E-state index contributed by atoms with van der Waals surface area (Å²) in [5.74, 6) is -1.03. The summed E-state index contributed by atoms with van der Waals surface area (Å²) in [4.78, 5) is 20.5. The molecule has 0 aliphatic rings. The van der Waals surface area contributed by atoms with E-state index in [2.05, 4.69) is 31.2 Å². The summed E-state index contributed by atoms with van der Waals surface area (Å²) in [6.07, 6.45) is 1.37. The Morgan fingerprint density at radius 1 is 1.14 bits per heavy atom. The molecule has 0 fully saturated rings. The SMILES string of the molecule is O=C(Nc1ccc(Br)cc1F)c1cnc2ccccc2n1. The van der Waals surface area contributed by atoms with Gasteiger partial charge in [0.2, 0.25) is 0 Å². The molecular formula is C15H9BrFN3O. The highest BCUT2D eigenvalue weighted by molar-refractivity contribution is 9.10. The molecule has 6 heteroatoms. The molecule has 21 heavy (non-hydrogen) atoms. The molecule has 104 valence electrons. The van der Waals surface area contributed by atoms with Crippen LogP contribution in [-0.4, -0.2) is 15.9 Å². The molecule has 0 aliphatic heterocycles. The Morgan fingerprint density at radius 3 is 2.67 bits per heavy atom. The van der Waals surface area contributed by atoms with Crippen LogP contribution in [0.1, 0.15) is 10.5 Å². The van der Waals surface area contributed by atoms with E-state index in [1.54, 1.807) is 18.2 Å². The van der Waals surface area contributed by atoms with Crippen LogP contribution in [0.4, 0.5) is 10.1 Å². The third kappa shape index (κ3) is 2.90. The van der Waals surface area contributed by atoms with Crippen LogP contribution in [0.3, 0.4) is 0 Å². The van der Waals surface area contributed by atoms with E-state index in [-0.39, 0.29) is 11.4 Å². The van der Waals surface area contributed by atoms with E-state index < -0.39 is 11.7 Å². The average molecular weight is 346 g/mol. The number of halogens is 2. The summed E-state index contributed by atoms with van der Waals surface area (Å²) in [7, 11) is 0. The lowest BCUT2D eigenvalue weighted by Crippen LogP contribution is -2.15. The molecule has 0 spiro atoms. The standard InChI is InChI=1S/C15H9BrFN3O/c16-9-5-6-11(10(17)7-9)20-15(21)14-8-18-12-3-1-2-4-13(12)19-14/h1-8H,(H,20,21). The Morgan fingerprint density at radius 2 is 1.90 bits per heavy atom. The number of benzene rings is 2. The number of nitrogens with one attached hydrogen (secondary N) is 1. The number of carbonyl (C=O) groups excluding carboxylic acids is 1. The minimum absolute atomic E-state index is 0.0955. The van der Waals surface area contributed by atoms with Crippen molar-refractivity contribution in [1.82, 2.24) is 9.97 Å². The fourth-order valence-corrected chi connectivity index (χ4v) is 2.18. The zero-order valence-corrected chi connectivity index (χ0v) is 12.3. The van der Waals surface area contributed by atoms with Crippen molar-refractivity contribution in [3.8, 4) is 0 Å². The van der Waals surface area contributed by atoms with E-state index in [1.165, 1.54) is 18.3 Å². The topological polar surface area (TPSA) is 54.9 Å². The molecule has 0 saturated carbocycles. The maximum absolute atomic E-state index is 13.7. The minimum Gasteiger partial charge on any atom is -0.318 e. The summed E-state index contributed by atoms with van der Waals surface area (Å²) in [6, 6.07) is 11.6. The molecule has 3 aromatic rings. The molecule has 1 N–H and O–H groups in total. The minimum atomic E-state index is -0.522. The highest BCUT2D eigenvalue weighted by Crippen LogP contribution is 2.20. The maximum Gasteiger partial charge on any atom is 0.275 e. The Hall–Kier alpha value is -2.34. The third-order valence-corrected chi connectivity index (χ3v) is 3.35. The van der Waals surface area contributed by atoms with Gasteiger partial charge in [0.25, 0.3) is 5.91 Å². The summed E-state index contributed by atoms with van der Waals surface area (Å²) in [6.45, 7) is 0. The smallest absolute Gasteiger partial charge is 0.275 e. The molecule has 1 aromatic heterocycles. The quantitative estimate of drug-likeness (QED) is 0.768. The van der Waals surface area contributed by atoms with Gasteiger partial charge in [-0.3, -0.25) is 9.78 Å². The molecule has 1 amide bonds. The lowest BCUT2D eigenvalue weighted by atomic mass is 10.2. The molecule has 3 rings (SSSR count). The van der Waals surface area contributed by atoms with Crippen LogP contribution in [0, 0.1) is 5.82 Å². The number of fused-ring (bicyclic) bond motifs is 1. The van der Waals surface area contributed by atoms with Gasteiger partial charge in [0.1, 0.15) is 11.5 Å². The van der Waals surface area contributed by atoms with Gasteiger partial charge in [-0.2, -0.15) is 0 Å². The van der Waals surface area contributed by atoms with E-state index in [9.17, 15) is 9.18 Å². The van der Waals surface area contributed by atoms with Crippen LogP contribution < -0.4 is 5.32 Å². The van der Waals surface area contributed by atoms with E-state index in [0.717, 1.165) is 0 Å². The van der Waals surface area contributed by atoms with Gasteiger partial charge in [0.15, 0.2) is 0 Å². The van der Waals surface area contributed by atoms with E-state index in [4.69, 9.17) is 0 Å². The number of carbonyl (C=O) groups is 1. The average Bonchev–Trinajstić information content (AvgIpc) is 2.49. The molecule has 0 atom stereocenters. The summed E-state index contributed by atoms with van der Waals surface area (Å²) < 4.78 is 14.3. The number of anilines is 1. The first-order chi connectivity index (χ1) is 10.1. The zero-order chi connectivity index (χ0) is 14.8. The van der Waals surface area contributed by atoms with Gasteiger partial charge in [-0.25, -0.2) is 9.37 Å². The van der Waals surface area contributed by atoms with Crippen LogP contribution in [0.5, 0.6) is 0 Å². The van der Waals surface area contributed by atoms with Crippen molar-refractivity contribution in [2.75, 3.05) is 5.32 Å². The Bertz CT molecular complexity index is 838. The number of rotatable bonds is 2. The molecule has 4 nitrogen and oxygen atoms in total. The van der Waals surface area contributed by atoms with Crippen LogP contribution in [0.15, 0.2) is 53.1 Å². The van der Waals surface area contributed by atoms with E-state index >= 15 is 0 Å². The number of para-hydroxylation sites is 2. The van der Waals surface area contributed by atoms with Crippen LogP contribution >= 0.6 is 15.9 Å². The van der Waals surface area contributed by atoms with Crippen molar-refractivity contribution in [1.29, 1.82) is 0 Å². The lowest BCUT2D eigenvalue weighted by molar-refractivity contribution is 0.102. The Balaban J connectivity index is 1.89. The second-order valence-electron chi connectivity index (χ2n) is 4.32. The molecule has 1 heterocycles. The molecule has 0 unspecified atom stereocenters. The monoisotopic (exact) mass is 345 g/mol. The highest BCUT2D eigenvalue weighted by atomic mass is 79.9. The molecule has 0 aliphatic carbocycles. The predicted molar refractivity (Wildman–Crippen MR) is 81.6 cm³/mol. The van der Waals surface area contributed by atoms with Gasteiger partial charge in [0.05, 0.1) is 22.9 Å². The van der Waals surface area contributed by atoms with Gasteiger partial charge in [-0.05, 0) is 30.3 Å². The molecular weight excluding hydrogens is 337 g/mol. The van der Waals surface area contributed by atoms with Crippen molar-refractivity contribution < 1.29 is 9.18 Å². The first kappa shape index (κ1) is 13.6. The third-order valence-electron chi connectivity index (χ3n) is 2.86. The summed E-state index contributed by atoms with van der Waals surface area (Å²) in [5, 5.41) is 2.48. The number of amides is 1. The van der Waals surface area contributed by atoms with Crippen LogP contribution in [-0.2, 0) is 0 Å². The maximum atomic E-state index is 13.7. The zero-order valence-electron chi connectivity index (χ0n) is 10.7. The van der Waals surface area contributed by atoms with Crippen molar-refractivity contribution in [3.05, 3.63) is 64.6 Å². The van der Waals surface area contributed by atoms with Crippen molar-refractivity contribution >= 4 is 38.6 Å². The van der Waals surface area contributed by atoms with Gasteiger partial charge in [-0.15, -0.1) is 0 Å². The predicted octanol–water partition coefficient (Wildman–Crippen LogP) is 3.78. The molecule has 0 radical (unpaired) electrons. The highest BCUT2D eigenvalue weighted by Gasteiger charge is 2.12. The fourth-order valence-electron chi connectivity index (χ4n) is 1.84. The summed E-state index contributed by atoms with van der Waals surface area (Å²) in [5.41, 5.74) is 1.54. The van der Waals surface area contributed by atoms with E-state index in [0.29, 0.717) is 15.5 Å². The second-order valence-corrected chi connectivity index (χ2v) is 5.24. The molecule has 0 saturated heterocycles. The molecule has 0 bridgehead atoms. The largest absolute Gasteiger partial charge is 0.318 e. The first-order valence-corrected chi connectivity index (χ1v) is 6.91. The van der Waals surface area contributed by atoms with Crippen molar-refractivity contribution in [3.63, 3.8) is 0 Å². The van der Waals surface area contributed by atoms with Crippen molar-refractivity contribution in [2.24, 2.45) is 0 Å². The number of hydrogen-bond donors (Lipinski definition) is 1. The summed E-state index contributed by atoms with van der Waals surface area (Å²) >= 11 is 3.16. The first-order valence-electron chi connectivity index (χ1n) is 6.12. The second kappa shape index (κ2) is 5.57.